The zero-order chi connectivity index (χ0) is 19.9. The predicted octanol–water partition coefficient (Wildman–Crippen LogP) is 4.61. The molecule has 28 heavy (non-hydrogen) atoms. The lowest BCUT2D eigenvalue weighted by Gasteiger charge is -2.16. The van der Waals surface area contributed by atoms with Gasteiger partial charge in [0.2, 0.25) is 0 Å². The molecule has 1 N–H and O–H groups in total. The summed E-state index contributed by atoms with van der Waals surface area (Å²) in [4.78, 5) is 24.5. The number of rotatable bonds is 6. The highest BCUT2D eigenvalue weighted by atomic mass is 19.1. The summed E-state index contributed by atoms with van der Waals surface area (Å²) < 4.78 is 18.8. The Balaban J connectivity index is 1.65. The average molecular weight is 377 g/mol. The van der Waals surface area contributed by atoms with Crippen molar-refractivity contribution in [3.63, 3.8) is 0 Å². The third-order valence-electron chi connectivity index (χ3n) is 4.24. The van der Waals surface area contributed by atoms with E-state index in [1.54, 1.807) is 18.2 Å². The molecule has 1 atom stereocenters. The molecular weight excluding hydrogens is 357 g/mol. The number of benzene rings is 3. The Bertz CT molecular complexity index is 972. The van der Waals surface area contributed by atoms with Gasteiger partial charge in [0.15, 0.2) is 6.10 Å². The van der Waals surface area contributed by atoms with E-state index in [0.29, 0.717) is 5.69 Å². The summed E-state index contributed by atoms with van der Waals surface area (Å²) in [7, 11) is 0. The molecular formula is C23H20FNO3. The summed E-state index contributed by atoms with van der Waals surface area (Å²) in [6.07, 6.45) is -1.24. The van der Waals surface area contributed by atoms with Crippen LogP contribution in [0.5, 0.6) is 0 Å². The van der Waals surface area contributed by atoms with Crippen molar-refractivity contribution in [3.05, 3.63) is 90.2 Å². The fourth-order valence-electron chi connectivity index (χ4n) is 2.79. The number of carbonyl (C=O) groups excluding carboxylic acids is 2. The maximum absolute atomic E-state index is 13.7. The largest absolute Gasteiger partial charge is 0.452 e. The quantitative estimate of drug-likeness (QED) is 0.639. The fourth-order valence-corrected chi connectivity index (χ4v) is 2.79. The van der Waals surface area contributed by atoms with Crippen LogP contribution in [0, 0.1) is 5.82 Å². The van der Waals surface area contributed by atoms with E-state index in [-0.39, 0.29) is 12.0 Å². The van der Waals surface area contributed by atoms with Crippen molar-refractivity contribution in [2.75, 3.05) is 5.32 Å². The summed E-state index contributed by atoms with van der Waals surface area (Å²) >= 11 is 0. The van der Waals surface area contributed by atoms with Gasteiger partial charge in [-0.15, -0.1) is 0 Å². The van der Waals surface area contributed by atoms with Gasteiger partial charge in [-0.05, 0) is 30.2 Å². The Labute approximate surface area is 163 Å². The van der Waals surface area contributed by atoms with E-state index >= 15 is 0 Å². The molecule has 0 saturated heterocycles. The van der Waals surface area contributed by atoms with E-state index in [1.807, 2.05) is 48.5 Å². The van der Waals surface area contributed by atoms with Crippen LogP contribution in [0.25, 0.3) is 11.1 Å². The molecule has 0 radical (unpaired) electrons. The van der Waals surface area contributed by atoms with Gasteiger partial charge in [-0.25, -0.2) is 4.39 Å². The first kappa shape index (κ1) is 19.3. The Hall–Kier alpha value is -3.47. The molecule has 3 rings (SSSR count). The zero-order valence-electron chi connectivity index (χ0n) is 15.4. The number of ether oxygens (including phenoxy) is 1. The SMILES string of the molecule is C[C@@H](OC(=O)Cc1ccccc1F)C(=O)Nc1ccccc1-c1ccccc1. The van der Waals surface area contributed by atoms with E-state index in [1.165, 1.54) is 19.1 Å². The Morgan fingerprint density at radius 3 is 2.32 bits per heavy atom. The van der Waals surface area contributed by atoms with Gasteiger partial charge in [0.25, 0.3) is 5.91 Å². The second-order valence-electron chi connectivity index (χ2n) is 6.30. The monoisotopic (exact) mass is 377 g/mol. The predicted molar refractivity (Wildman–Crippen MR) is 106 cm³/mol. The molecule has 5 heteroatoms. The van der Waals surface area contributed by atoms with Gasteiger partial charge in [0.05, 0.1) is 6.42 Å². The van der Waals surface area contributed by atoms with Crippen LogP contribution < -0.4 is 5.32 Å². The van der Waals surface area contributed by atoms with Crippen molar-refractivity contribution in [2.24, 2.45) is 0 Å². The molecule has 0 aromatic heterocycles. The number of anilines is 1. The van der Waals surface area contributed by atoms with Gasteiger partial charge >= 0.3 is 5.97 Å². The van der Waals surface area contributed by atoms with Gasteiger partial charge < -0.3 is 10.1 Å². The van der Waals surface area contributed by atoms with E-state index < -0.39 is 23.8 Å². The van der Waals surface area contributed by atoms with Gasteiger partial charge in [0, 0.05) is 11.3 Å². The first-order chi connectivity index (χ1) is 13.5. The molecule has 0 aliphatic carbocycles. The molecule has 0 saturated carbocycles. The number of nitrogens with one attached hydrogen (secondary N) is 1. The van der Waals surface area contributed by atoms with E-state index in [2.05, 4.69) is 5.32 Å². The van der Waals surface area contributed by atoms with Gasteiger partial charge in [0.1, 0.15) is 5.82 Å². The summed E-state index contributed by atoms with van der Waals surface area (Å²) in [6.45, 7) is 1.49. The number of hydrogen-bond donors (Lipinski definition) is 1. The lowest BCUT2D eigenvalue weighted by molar-refractivity contribution is -0.152. The van der Waals surface area contributed by atoms with Crippen LogP contribution in [-0.2, 0) is 20.7 Å². The summed E-state index contributed by atoms with van der Waals surface area (Å²) in [6, 6.07) is 23.0. The topological polar surface area (TPSA) is 55.4 Å². The van der Waals surface area contributed by atoms with Crippen LogP contribution in [0.4, 0.5) is 10.1 Å². The number of hydrogen-bond acceptors (Lipinski definition) is 3. The van der Waals surface area contributed by atoms with Gasteiger partial charge in [-0.3, -0.25) is 9.59 Å². The molecule has 0 aliphatic rings. The second-order valence-corrected chi connectivity index (χ2v) is 6.30. The maximum atomic E-state index is 13.7. The first-order valence-electron chi connectivity index (χ1n) is 8.93. The summed E-state index contributed by atoms with van der Waals surface area (Å²) in [5.74, 6) is -1.59. The third-order valence-corrected chi connectivity index (χ3v) is 4.24. The number of esters is 1. The second kappa shape index (κ2) is 8.95. The third kappa shape index (κ3) is 4.82. The zero-order valence-corrected chi connectivity index (χ0v) is 15.4. The molecule has 3 aromatic rings. The van der Waals surface area contributed by atoms with Gasteiger partial charge in [-0.2, -0.15) is 0 Å². The summed E-state index contributed by atoms with van der Waals surface area (Å²) in [5, 5.41) is 2.80. The van der Waals surface area contributed by atoms with Crippen molar-refractivity contribution in [1.29, 1.82) is 0 Å². The fraction of sp³-hybridized carbons (Fsp3) is 0.130. The molecule has 0 spiro atoms. The molecule has 0 bridgehead atoms. The molecule has 0 heterocycles. The van der Waals surface area contributed by atoms with Crippen LogP contribution in [0.2, 0.25) is 0 Å². The molecule has 0 fully saturated rings. The Kier molecular flexibility index (Phi) is 6.17. The molecule has 4 nitrogen and oxygen atoms in total. The molecule has 0 unspecified atom stereocenters. The molecule has 142 valence electrons. The van der Waals surface area contributed by atoms with Crippen LogP contribution in [0.3, 0.4) is 0 Å². The lowest BCUT2D eigenvalue weighted by Crippen LogP contribution is -2.30. The van der Waals surface area contributed by atoms with Crippen molar-refractivity contribution in [3.8, 4) is 11.1 Å². The Morgan fingerprint density at radius 1 is 0.929 bits per heavy atom. The van der Waals surface area contributed by atoms with E-state index in [4.69, 9.17) is 4.74 Å². The van der Waals surface area contributed by atoms with Crippen molar-refractivity contribution in [1.82, 2.24) is 0 Å². The maximum Gasteiger partial charge on any atom is 0.311 e. The number of para-hydroxylation sites is 1. The minimum Gasteiger partial charge on any atom is -0.452 e. The minimum atomic E-state index is -1.01. The smallest absolute Gasteiger partial charge is 0.311 e. The highest BCUT2D eigenvalue weighted by Gasteiger charge is 2.20. The van der Waals surface area contributed by atoms with Crippen molar-refractivity contribution >= 4 is 17.6 Å². The van der Waals surface area contributed by atoms with Crippen LogP contribution in [0.1, 0.15) is 12.5 Å². The highest BCUT2D eigenvalue weighted by molar-refractivity contribution is 5.98. The van der Waals surface area contributed by atoms with Crippen LogP contribution >= 0.6 is 0 Å². The Morgan fingerprint density at radius 2 is 1.57 bits per heavy atom. The number of halogens is 1. The van der Waals surface area contributed by atoms with Crippen LogP contribution in [0.15, 0.2) is 78.9 Å². The normalized spacial score (nSPS) is 11.5. The summed E-state index contributed by atoms with van der Waals surface area (Å²) in [5.41, 5.74) is 2.68. The average Bonchev–Trinajstić information content (AvgIpc) is 2.70. The minimum absolute atomic E-state index is 0.231. The standard InChI is InChI=1S/C23H20FNO3/c1-16(28-22(26)15-18-11-5-7-13-20(18)24)23(27)25-21-14-8-6-12-19(21)17-9-3-2-4-10-17/h2-14,16H,15H2,1H3,(H,25,27)/t16-/m1/s1. The van der Waals surface area contributed by atoms with Crippen molar-refractivity contribution < 1.29 is 18.7 Å². The molecule has 3 aromatic carbocycles. The lowest BCUT2D eigenvalue weighted by atomic mass is 10.0. The van der Waals surface area contributed by atoms with E-state index in [9.17, 15) is 14.0 Å². The number of amides is 1. The van der Waals surface area contributed by atoms with Crippen LogP contribution in [-0.4, -0.2) is 18.0 Å². The molecule has 0 aliphatic heterocycles. The van der Waals surface area contributed by atoms with Crippen molar-refractivity contribution in [2.45, 2.75) is 19.4 Å². The molecule has 1 amide bonds. The number of carbonyl (C=O) groups is 2. The van der Waals surface area contributed by atoms with E-state index in [0.717, 1.165) is 11.1 Å². The van der Waals surface area contributed by atoms with Gasteiger partial charge in [-0.1, -0.05) is 66.7 Å². The highest BCUT2D eigenvalue weighted by Crippen LogP contribution is 2.27. The first-order valence-corrected chi connectivity index (χ1v) is 8.93.